The fraction of sp³-hybridized carbons (Fsp3) is 0.733. The molecular weight excluding hydrogens is 486 g/mol. The number of benzene rings is 1. The minimum absolute atomic E-state index is 0.167. The number of hydrogen-bond acceptors (Lipinski definition) is 7. The Balaban J connectivity index is 2.23. The van der Waals surface area contributed by atoms with E-state index in [9.17, 15) is 9.59 Å². The van der Waals surface area contributed by atoms with Gasteiger partial charge in [-0.2, -0.15) is 0 Å². The highest BCUT2D eigenvalue weighted by molar-refractivity contribution is 5.75. The predicted octanol–water partition coefficient (Wildman–Crippen LogP) is 5.80. The summed E-state index contributed by atoms with van der Waals surface area (Å²) in [6.07, 6.45) is 1.91. The second kappa shape index (κ2) is 14.6. The lowest BCUT2D eigenvalue weighted by atomic mass is 9.81. The Labute approximate surface area is 229 Å². The molecule has 0 saturated carbocycles. The number of nitrogens with one attached hydrogen (secondary N) is 1. The van der Waals surface area contributed by atoms with Crippen LogP contribution in [0.4, 0.5) is 4.79 Å². The van der Waals surface area contributed by atoms with E-state index in [0.29, 0.717) is 43.5 Å². The maximum absolute atomic E-state index is 12.8. The number of alkyl carbamates (subject to hydrolysis) is 1. The average molecular weight is 536 g/mol. The summed E-state index contributed by atoms with van der Waals surface area (Å²) in [6, 6.07) is 5.66. The Morgan fingerprint density at radius 2 is 1.82 bits per heavy atom. The maximum Gasteiger partial charge on any atom is 0.408 e. The number of hydrogen-bond donors (Lipinski definition) is 1. The third-order valence-electron chi connectivity index (χ3n) is 6.99. The van der Waals surface area contributed by atoms with Crippen molar-refractivity contribution in [3.05, 3.63) is 23.8 Å². The molecule has 1 heterocycles. The van der Waals surface area contributed by atoms with Crippen molar-refractivity contribution >= 4 is 12.1 Å². The molecule has 1 aromatic carbocycles. The quantitative estimate of drug-likeness (QED) is 0.238. The first kappa shape index (κ1) is 31.7. The van der Waals surface area contributed by atoms with Crippen LogP contribution in [0, 0.1) is 23.7 Å². The maximum atomic E-state index is 12.8. The van der Waals surface area contributed by atoms with Gasteiger partial charge in [0.05, 0.1) is 25.7 Å². The molecule has 0 radical (unpaired) electrons. The first-order valence-electron chi connectivity index (χ1n) is 13.8. The third-order valence-corrected chi connectivity index (χ3v) is 6.99. The minimum atomic E-state index is -0.623. The number of ether oxygens (including phenoxy) is 5. The van der Waals surface area contributed by atoms with Crippen LogP contribution in [0.25, 0.3) is 0 Å². The zero-order valence-corrected chi connectivity index (χ0v) is 24.8. The number of methoxy groups -OCH3 is 2. The zero-order valence-electron chi connectivity index (χ0n) is 24.8. The van der Waals surface area contributed by atoms with Crippen LogP contribution in [0.5, 0.6) is 11.5 Å². The summed E-state index contributed by atoms with van der Waals surface area (Å²) in [5.41, 5.74) is 0.493. The van der Waals surface area contributed by atoms with Gasteiger partial charge in [0, 0.05) is 20.1 Å². The fourth-order valence-corrected chi connectivity index (χ4v) is 4.75. The number of amides is 1. The molecule has 2 rings (SSSR count). The Bertz CT molecular complexity index is 893. The van der Waals surface area contributed by atoms with Crippen LogP contribution in [0.3, 0.4) is 0 Å². The molecule has 0 aromatic heterocycles. The van der Waals surface area contributed by atoms with Crippen LogP contribution in [-0.4, -0.2) is 57.2 Å². The van der Waals surface area contributed by atoms with Crippen LogP contribution >= 0.6 is 0 Å². The first-order chi connectivity index (χ1) is 17.8. The van der Waals surface area contributed by atoms with Crippen molar-refractivity contribution in [3.8, 4) is 11.5 Å². The van der Waals surface area contributed by atoms with Crippen molar-refractivity contribution in [1.82, 2.24) is 5.32 Å². The van der Waals surface area contributed by atoms with Crippen molar-refractivity contribution in [2.24, 2.45) is 23.7 Å². The van der Waals surface area contributed by atoms with E-state index in [1.807, 2.05) is 46.8 Å². The lowest BCUT2D eigenvalue weighted by molar-refractivity contribution is -0.146. The van der Waals surface area contributed by atoms with E-state index in [4.69, 9.17) is 23.7 Å². The average Bonchev–Trinajstić information content (AvgIpc) is 3.21. The molecule has 216 valence electrons. The number of carbonyl (C=O) groups excluding carboxylic acids is 2. The zero-order chi connectivity index (χ0) is 28.5. The van der Waals surface area contributed by atoms with Gasteiger partial charge in [-0.05, 0) is 75.5 Å². The summed E-state index contributed by atoms with van der Waals surface area (Å²) in [6.45, 7) is 15.1. The van der Waals surface area contributed by atoms with Crippen LogP contribution < -0.4 is 14.8 Å². The molecule has 4 atom stereocenters. The molecule has 0 bridgehead atoms. The molecule has 4 unspecified atom stereocenters. The van der Waals surface area contributed by atoms with Gasteiger partial charge in [-0.25, -0.2) is 4.79 Å². The normalized spacial score (nSPS) is 19.3. The molecule has 1 aliphatic heterocycles. The van der Waals surface area contributed by atoms with E-state index in [0.717, 1.165) is 18.4 Å². The van der Waals surface area contributed by atoms with Crippen molar-refractivity contribution in [1.29, 1.82) is 0 Å². The summed E-state index contributed by atoms with van der Waals surface area (Å²) in [5.74, 6) is 1.75. The van der Waals surface area contributed by atoms with E-state index in [2.05, 4.69) is 25.2 Å². The summed E-state index contributed by atoms with van der Waals surface area (Å²) >= 11 is 0. The van der Waals surface area contributed by atoms with Gasteiger partial charge in [-0.1, -0.05) is 33.8 Å². The van der Waals surface area contributed by atoms with Crippen molar-refractivity contribution in [2.75, 3.05) is 27.4 Å². The molecule has 1 aromatic rings. The van der Waals surface area contributed by atoms with Gasteiger partial charge >= 0.3 is 12.1 Å². The standard InChI is InChI=1S/C30H49NO7/c1-19(2)22(15-21-11-12-25(35-9)27(16-21)36-14-10-13-34-8)17-24(31-29(33)38-30(5,6)7)26-18-23(20(3)4)28(32)37-26/h11-12,16,19-20,22-24,26H,10,13-15,17-18H2,1-9H3,(H,31,33). The summed E-state index contributed by atoms with van der Waals surface area (Å²) in [4.78, 5) is 25.4. The molecule has 1 fully saturated rings. The highest BCUT2D eigenvalue weighted by Gasteiger charge is 2.42. The summed E-state index contributed by atoms with van der Waals surface area (Å²) < 4.78 is 28.0. The van der Waals surface area contributed by atoms with E-state index >= 15 is 0 Å². The van der Waals surface area contributed by atoms with Crippen LogP contribution in [0.15, 0.2) is 18.2 Å². The molecule has 1 saturated heterocycles. The summed E-state index contributed by atoms with van der Waals surface area (Å²) in [7, 11) is 3.31. The number of rotatable bonds is 14. The van der Waals surface area contributed by atoms with E-state index in [1.165, 1.54) is 0 Å². The topological polar surface area (TPSA) is 92.3 Å². The number of cyclic esters (lactones) is 1. The van der Waals surface area contributed by atoms with Gasteiger partial charge in [0.25, 0.3) is 0 Å². The number of carbonyl (C=O) groups is 2. The largest absolute Gasteiger partial charge is 0.493 e. The third kappa shape index (κ3) is 10.0. The molecule has 8 heteroatoms. The monoisotopic (exact) mass is 535 g/mol. The van der Waals surface area contributed by atoms with Gasteiger partial charge in [0.15, 0.2) is 11.5 Å². The second-order valence-electron chi connectivity index (χ2n) is 11.9. The SMILES string of the molecule is COCCCOc1cc(CC(CC(NC(=O)OC(C)(C)C)C2CC(C(C)C)C(=O)O2)C(C)C)ccc1OC. The minimum Gasteiger partial charge on any atom is -0.493 e. The number of esters is 1. The lowest BCUT2D eigenvalue weighted by Crippen LogP contribution is -2.47. The summed E-state index contributed by atoms with van der Waals surface area (Å²) in [5, 5.41) is 3.04. The Morgan fingerprint density at radius 3 is 2.37 bits per heavy atom. The molecule has 1 amide bonds. The smallest absolute Gasteiger partial charge is 0.408 e. The molecule has 0 aliphatic carbocycles. The highest BCUT2D eigenvalue weighted by atomic mass is 16.6. The van der Waals surface area contributed by atoms with E-state index < -0.39 is 11.7 Å². The van der Waals surface area contributed by atoms with Gasteiger partial charge in [-0.3, -0.25) is 4.79 Å². The Kier molecular flexibility index (Phi) is 12.2. The molecule has 38 heavy (non-hydrogen) atoms. The van der Waals surface area contributed by atoms with Crippen LogP contribution in [-0.2, 0) is 25.4 Å². The highest BCUT2D eigenvalue weighted by Crippen LogP contribution is 2.34. The van der Waals surface area contributed by atoms with Crippen molar-refractivity contribution < 1.29 is 33.3 Å². The van der Waals surface area contributed by atoms with E-state index in [-0.39, 0.29) is 35.9 Å². The molecular formula is C30H49NO7. The van der Waals surface area contributed by atoms with E-state index in [1.54, 1.807) is 14.2 Å². The van der Waals surface area contributed by atoms with Gasteiger partial charge in [0.1, 0.15) is 11.7 Å². The Hall–Kier alpha value is -2.48. The van der Waals surface area contributed by atoms with Crippen LogP contribution in [0.1, 0.15) is 73.3 Å². The van der Waals surface area contributed by atoms with Gasteiger partial charge in [0.2, 0.25) is 0 Å². The molecule has 1 aliphatic rings. The Morgan fingerprint density at radius 1 is 1.11 bits per heavy atom. The lowest BCUT2D eigenvalue weighted by Gasteiger charge is -2.31. The van der Waals surface area contributed by atoms with Crippen LogP contribution in [0.2, 0.25) is 0 Å². The molecule has 8 nitrogen and oxygen atoms in total. The fourth-order valence-electron chi connectivity index (χ4n) is 4.75. The van der Waals surface area contributed by atoms with Gasteiger partial charge < -0.3 is 29.0 Å². The first-order valence-corrected chi connectivity index (χ1v) is 13.8. The molecule has 1 N–H and O–H groups in total. The molecule has 0 spiro atoms. The van der Waals surface area contributed by atoms with Crippen molar-refractivity contribution in [3.63, 3.8) is 0 Å². The van der Waals surface area contributed by atoms with Crippen molar-refractivity contribution in [2.45, 2.75) is 91.9 Å². The van der Waals surface area contributed by atoms with Gasteiger partial charge in [-0.15, -0.1) is 0 Å². The predicted molar refractivity (Wildman–Crippen MR) is 148 cm³/mol. The second-order valence-corrected chi connectivity index (χ2v) is 11.9.